The predicted molar refractivity (Wildman–Crippen MR) is 70.1 cm³/mol. The van der Waals surface area contributed by atoms with Gasteiger partial charge in [0.05, 0.1) is 6.04 Å². The Morgan fingerprint density at radius 2 is 2.16 bits per heavy atom. The van der Waals surface area contributed by atoms with Crippen molar-refractivity contribution in [3.05, 3.63) is 11.6 Å². The third kappa shape index (κ3) is 3.92. The van der Waals surface area contributed by atoms with Crippen LogP contribution in [0.4, 0.5) is 10.7 Å². The molecule has 0 aliphatic carbocycles. The third-order valence-corrected chi connectivity index (χ3v) is 2.59. The molecule has 19 heavy (non-hydrogen) atoms. The van der Waals surface area contributed by atoms with Crippen LogP contribution in [0, 0.1) is 0 Å². The maximum absolute atomic E-state index is 11.7. The van der Waals surface area contributed by atoms with Crippen LogP contribution in [0.3, 0.4) is 0 Å². The van der Waals surface area contributed by atoms with Crippen molar-refractivity contribution >= 4 is 23.6 Å². The summed E-state index contributed by atoms with van der Waals surface area (Å²) in [4.78, 5) is 24.9. The van der Waals surface area contributed by atoms with Gasteiger partial charge >= 0.3 is 6.09 Å². The van der Waals surface area contributed by atoms with E-state index in [9.17, 15) is 4.79 Å². The van der Waals surface area contributed by atoms with Crippen LogP contribution >= 0.6 is 11.6 Å². The van der Waals surface area contributed by atoms with E-state index in [0.717, 1.165) is 0 Å². The van der Waals surface area contributed by atoms with Crippen molar-refractivity contribution in [3.8, 4) is 0 Å². The summed E-state index contributed by atoms with van der Waals surface area (Å²) >= 11 is 5.65. The van der Waals surface area contributed by atoms with Gasteiger partial charge in [0.1, 0.15) is 11.9 Å². The molecule has 0 bridgehead atoms. The molecule has 1 fully saturated rings. The highest BCUT2D eigenvalue weighted by molar-refractivity contribution is 6.28. The minimum Gasteiger partial charge on any atom is -0.444 e. The topological polar surface area (TPSA) is 80.2 Å². The van der Waals surface area contributed by atoms with Crippen LogP contribution in [0.5, 0.6) is 0 Å². The fourth-order valence-corrected chi connectivity index (χ4v) is 1.70. The zero-order chi connectivity index (χ0) is 14.0. The van der Waals surface area contributed by atoms with E-state index >= 15 is 0 Å². The molecule has 2 heterocycles. The van der Waals surface area contributed by atoms with Crippen molar-refractivity contribution in [2.24, 2.45) is 0 Å². The van der Waals surface area contributed by atoms with Crippen molar-refractivity contribution in [3.63, 3.8) is 0 Å². The van der Waals surface area contributed by atoms with Crippen molar-refractivity contribution in [2.75, 3.05) is 18.4 Å². The van der Waals surface area contributed by atoms with Gasteiger partial charge in [0.2, 0.25) is 11.2 Å². The standard InChI is InChI=1S/C11H16ClN5O2/c1-11(2,3)19-10(18)17-4-7(5-17)15-9-14-6-13-8(12)16-9/h6-7H,4-5H2,1-3H3,(H,13,14,15,16). The van der Waals surface area contributed by atoms with E-state index < -0.39 is 5.60 Å². The number of rotatable bonds is 2. The summed E-state index contributed by atoms with van der Waals surface area (Å²) in [6, 6.07) is 0.103. The molecule has 1 aliphatic heterocycles. The van der Waals surface area contributed by atoms with E-state index in [-0.39, 0.29) is 17.4 Å². The molecule has 7 nitrogen and oxygen atoms in total. The normalized spacial score (nSPS) is 15.9. The summed E-state index contributed by atoms with van der Waals surface area (Å²) in [5.41, 5.74) is -0.475. The fourth-order valence-electron chi connectivity index (χ4n) is 1.57. The Hall–Kier alpha value is -1.63. The van der Waals surface area contributed by atoms with Crippen molar-refractivity contribution in [1.29, 1.82) is 0 Å². The van der Waals surface area contributed by atoms with Crippen LogP contribution in [-0.2, 0) is 4.74 Å². The van der Waals surface area contributed by atoms with Gasteiger partial charge in [-0.15, -0.1) is 0 Å². The van der Waals surface area contributed by atoms with Gasteiger partial charge in [0.15, 0.2) is 0 Å². The van der Waals surface area contributed by atoms with E-state index in [1.54, 1.807) is 4.90 Å². The molecule has 1 amide bonds. The number of carbonyl (C=O) groups is 1. The summed E-state index contributed by atoms with van der Waals surface area (Å²) in [6.45, 7) is 6.63. The lowest BCUT2D eigenvalue weighted by Gasteiger charge is -2.39. The highest BCUT2D eigenvalue weighted by atomic mass is 35.5. The van der Waals surface area contributed by atoms with Gasteiger partial charge < -0.3 is 15.0 Å². The van der Waals surface area contributed by atoms with Crippen molar-refractivity contribution in [2.45, 2.75) is 32.4 Å². The van der Waals surface area contributed by atoms with Crippen molar-refractivity contribution < 1.29 is 9.53 Å². The summed E-state index contributed by atoms with van der Waals surface area (Å²) in [5.74, 6) is 0.411. The number of anilines is 1. The molecule has 1 N–H and O–H groups in total. The molecule has 0 saturated carbocycles. The third-order valence-electron chi connectivity index (χ3n) is 2.41. The molecule has 1 aliphatic rings. The molecular weight excluding hydrogens is 270 g/mol. The predicted octanol–water partition coefficient (Wildman–Crippen LogP) is 1.56. The number of carbonyl (C=O) groups excluding carboxylic acids is 1. The second-order valence-corrected chi connectivity index (χ2v) is 5.64. The monoisotopic (exact) mass is 285 g/mol. The van der Waals surface area contributed by atoms with Gasteiger partial charge in [0.25, 0.3) is 0 Å². The first-order chi connectivity index (χ1) is 8.83. The number of hydrogen-bond acceptors (Lipinski definition) is 6. The van der Waals surface area contributed by atoms with Gasteiger partial charge in [-0.1, -0.05) is 0 Å². The number of halogens is 1. The first-order valence-corrected chi connectivity index (χ1v) is 6.30. The van der Waals surface area contributed by atoms with E-state index in [2.05, 4.69) is 20.3 Å². The number of nitrogens with zero attached hydrogens (tertiary/aromatic N) is 4. The summed E-state index contributed by atoms with van der Waals surface area (Å²) in [5, 5.41) is 3.21. The molecule has 0 atom stereocenters. The lowest BCUT2D eigenvalue weighted by atomic mass is 10.1. The zero-order valence-corrected chi connectivity index (χ0v) is 11.8. The van der Waals surface area contributed by atoms with Crippen LogP contribution in [0.1, 0.15) is 20.8 Å². The van der Waals surface area contributed by atoms with Gasteiger partial charge in [-0.25, -0.2) is 14.8 Å². The average Bonchev–Trinajstić information content (AvgIpc) is 2.20. The molecule has 1 saturated heterocycles. The van der Waals surface area contributed by atoms with Crippen LogP contribution in [-0.4, -0.2) is 50.7 Å². The Morgan fingerprint density at radius 3 is 2.74 bits per heavy atom. The molecule has 1 aromatic heterocycles. The number of amides is 1. The summed E-state index contributed by atoms with van der Waals surface area (Å²) in [7, 11) is 0. The second-order valence-electron chi connectivity index (χ2n) is 5.30. The van der Waals surface area contributed by atoms with Gasteiger partial charge in [0, 0.05) is 13.1 Å². The largest absolute Gasteiger partial charge is 0.444 e. The molecule has 1 aromatic rings. The fraction of sp³-hybridized carbons (Fsp3) is 0.636. The van der Waals surface area contributed by atoms with Crippen LogP contribution < -0.4 is 5.32 Å². The maximum Gasteiger partial charge on any atom is 0.410 e. The number of hydrogen-bond donors (Lipinski definition) is 1. The average molecular weight is 286 g/mol. The Kier molecular flexibility index (Phi) is 3.75. The highest BCUT2D eigenvalue weighted by Gasteiger charge is 2.33. The minimum atomic E-state index is -0.475. The minimum absolute atomic E-state index is 0.103. The number of nitrogens with one attached hydrogen (secondary N) is 1. The second kappa shape index (κ2) is 5.16. The smallest absolute Gasteiger partial charge is 0.410 e. The van der Waals surface area contributed by atoms with Crippen LogP contribution in [0.15, 0.2) is 6.33 Å². The molecule has 0 spiro atoms. The SMILES string of the molecule is CC(C)(C)OC(=O)N1CC(Nc2ncnc(Cl)n2)C1. The molecule has 0 radical (unpaired) electrons. The summed E-state index contributed by atoms with van der Waals surface area (Å²) < 4.78 is 5.26. The molecule has 104 valence electrons. The first-order valence-electron chi connectivity index (χ1n) is 5.92. The van der Waals surface area contributed by atoms with E-state index in [1.165, 1.54) is 6.33 Å². The molecule has 2 rings (SSSR count). The Labute approximate surface area is 116 Å². The number of ether oxygens (including phenoxy) is 1. The molecule has 8 heteroatoms. The van der Waals surface area contributed by atoms with Gasteiger partial charge in [-0.2, -0.15) is 4.98 Å². The quantitative estimate of drug-likeness (QED) is 0.888. The first kappa shape index (κ1) is 13.8. The lowest BCUT2D eigenvalue weighted by molar-refractivity contribution is 0.0104. The number of aromatic nitrogens is 3. The molecular formula is C11H16ClN5O2. The highest BCUT2D eigenvalue weighted by Crippen LogP contribution is 2.17. The van der Waals surface area contributed by atoms with Crippen LogP contribution in [0.2, 0.25) is 5.28 Å². The lowest BCUT2D eigenvalue weighted by Crippen LogP contribution is -2.58. The van der Waals surface area contributed by atoms with E-state index in [0.29, 0.717) is 19.0 Å². The zero-order valence-electron chi connectivity index (χ0n) is 11.1. The maximum atomic E-state index is 11.7. The molecule has 0 unspecified atom stereocenters. The van der Waals surface area contributed by atoms with E-state index in [1.807, 2.05) is 20.8 Å². The Morgan fingerprint density at radius 1 is 1.47 bits per heavy atom. The van der Waals surface area contributed by atoms with Crippen LogP contribution in [0.25, 0.3) is 0 Å². The summed E-state index contributed by atoms with van der Waals surface area (Å²) in [6.07, 6.45) is 1.03. The van der Waals surface area contributed by atoms with Gasteiger partial charge in [-0.3, -0.25) is 0 Å². The molecule has 0 aromatic carbocycles. The van der Waals surface area contributed by atoms with E-state index in [4.69, 9.17) is 16.3 Å². The Balaban J connectivity index is 1.79. The Bertz CT molecular complexity index is 470. The number of likely N-dealkylation sites (tertiary alicyclic amines) is 1. The van der Waals surface area contributed by atoms with Crippen molar-refractivity contribution in [1.82, 2.24) is 19.9 Å². The van der Waals surface area contributed by atoms with Gasteiger partial charge in [-0.05, 0) is 32.4 Å².